The van der Waals surface area contributed by atoms with E-state index < -0.39 is 11.7 Å². The standard InChI is InChI=1S/C22H26N6O2/c1-15-7-6-8-18(13-15)28(5)20-24-14-23-19(27-20)25-16-9-11-17(12-10-16)26-21(29)30-22(2,3)4/h6-14H,1-5H3,(H,26,29)(H,23,24,25,27). The molecule has 156 valence electrons. The number of nitrogens with one attached hydrogen (secondary N) is 2. The summed E-state index contributed by atoms with van der Waals surface area (Å²) in [5, 5.41) is 5.85. The molecule has 0 aliphatic heterocycles. The van der Waals surface area contributed by atoms with Gasteiger partial charge in [-0.2, -0.15) is 4.98 Å². The highest BCUT2D eigenvalue weighted by molar-refractivity contribution is 5.85. The Morgan fingerprint density at radius 1 is 1.03 bits per heavy atom. The molecule has 8 heteroatoms. The van der Waals surface area contributed by atoms with Crippen LogP contribution in [-0.2, 0) is 4.74 Å². The number of nitrogens with zero attached hydrogens (tertiary/aromatic N) is 4. The lowest BCUT2D eigenvalue weighted by atomic mass is 10.2. The second kappa shape index (κ2) is 8.77. The summed E-state index contributed by atoms with van der Waals surface area (Å²) in [5.74, 6) is 0.952. The summed E-state index contributed by atoms with van der Waals surface area (Å²) in [6.07, 6.45) is 0.972. The van der Waals surface area contributed by atoms with Crippen LogP contribution in [0.1, 0.15) is 26.3 Å². The maximum atomic E-state index is 11.9. The zero-order chi connectivity index (χ0) is 21.7. The first-order valence-electron chi connectivity index (χ1n) is 9.56. The summed E-state index contributed by atoms with van der Waals surface area (Å²) >= 11 is 0. The Morgan fingerprint density at radius 2 is 1.73 bits per heavy atom. The lowest BCUT2D eigenvalue weighted by Gasteiger charge is -2.19. The first kappa shape index (κ1) is 21.0. The van der Waals surface area contributed by atoms with Gasteiger partial charge >= 0.3 is 6.09 Å². The Bertz CT molecular complexity index is 1010. The van der Waals surface area contributed by atoms with Crippen molar-refractivity contribution in [1.82, 2.24) is 15.0 Å². The number of hydrogen-bond donors (Lipinski definition) is 2. The molecule has 2 N–H and O–H groups in total. The van der Waals surface area contributed by atoms with E-state index in [-0.39, 0.29) is 0 Å². The lowest BCUT2D eigenvalue weighted by Crippen LogP contribution is -2.27. The smallest absolute Gasteiger partial charge is 0.412 e. The molecule has 0 aliphatic carbocycles. The molecule has 1 amide bonds. The fourth-order valence-electron chi connectivity index (χ4n) is 2.65. The Balaban J connectivity index is 1.67. The van der Waals surface area contributed by atoms with E-state index in [4.69, 9.17) is 4.74 Å². The summed E-state index contributed by atoms with van der Waals surface area (Å²) in [6, 6.07) is 15.3. The molecule has 2 aromatic carbocycles. The molecule has 0 spiro atoms. The second-order valence-electron chi connectivity index (χ2n) is 7.84. The van der Waals surface area contributed by atoms with Crippen molar-refractivity contribution in [3.05, 3.63) is 60.4 Å². The van der Waals surface area contributed by atoms with Gasteiger partial charge in [0.25, 0.3) is 0 Å². The fraction of sp³-hybridized carbons (Fsp3) is 0.273. The van der Waals surface area contributed by atoms with Crippen molar-refractivity contribution in [2.45, 2.75) is 33.3 Å². The number of hydrogen-bond acceptors (Lipinski definition) is 7. The van der Waals surface area contributed by atoms with Crippen LogP contribution < -0.4 is 15.5 Å². The Hall–Kier alpha value is -3.68. The van der Waals surface area contributed by atoms with Crippen LogP contribution in [0.3, 0.4) is 0 Å². The van der Waals surface area contributed by atoms with Gasteiger partial charge in [0, 0.05) is 24.1 Å². The lowest BCUT2D eigenvalue weighted by molar-refractivity contribution is 0.0636. The SMILES string of the molecule is Cc1cccc(N(C)c2ncnc(Nc3ccc(NC(=O)OC(C)(C)C)cc3)n2)c1. The number of aryl methyl sites for hydroxylation is 1. The molecule has 3 rings (SSSR count). The van der Waals surface area contributed by atoms with E-state index in [9.17, 15) is 4.79 Å². The topological polar surface area (TPSA) is 92.3 Å². The molecule has 0 aliphatic rings. The van der Waals surface area contributed by atoms with Crippen LogP contribution in [0.4, 0.5) is 33.8 Å². The van der Waals surface area contributed by atoms with Gasteiger partial charge in [-0.25, -0.2) is 14.8 Å². The number of rotatable bonds is 5. The zero-order valence-electron chi connectivity index (χ0n) is 17.8. The number of carbonyl (C=O) groups excluding carboxylic acids is 1. The van der Waals surface area contributed by atoms with E-state index in [0.29, 0.717) is 17.6 Å². The summed E-state index contributed by atoms with van der Waals surface area (Å²) in [5.41, 5.74) is 3.01. The van der Waals surface area contributed by atoms with Crippen LogP contribution in [0.25, 0.3) is 0 Å². The van der Waals surface area contributed by atoms with Crippen LogP contribution in [0.15, 0.2) is 54.9 Å². The molecule has 0 unspecified atom stereocenters. The predicted molar refractivity (Wildman–Crippen MR) is 119 cm³/mol. The van der Waals surface area contributed by atoms with Crippen molar-refractivity contribution in [2.75, 3.05) is 22.6 Å². The largest absolute Gasteiger partial charge is 0.444 e. The van der Waals surface area contributed by atoms with Crippen LogP contribution >= 0.6 is 0 Å². The fourth-order valence-corrected chi connectivity index (χ4v) is 2.65. The molecule has 0 atom stereocenters. The van der Waals surface area contributed by atoms with E-state index in [1.54, 1.807) is 12.1 Å². The van der Waals surface area contributed by atoms with Gasteiger partial charge in [-0.1, -0.05) is 12.1 Å². The van der Waals surface area contributed by atoms with Gasteiger partial charge in [0.05, 0.1) is 0 Å². The molecule has 0 radical (unpaired) electrons. The number of ether oxygens (including phenoxy) is 1. The van der Waals surface area contributed by atoms with Gasteiger partial charge in [0.2, 0.25) is 11.9 Å². The van der Waals surface area contributed by atoms with Gasteiger partial charge < -0.3 is 15.0 Å². The van der Waals surface area contributed by atoms with Crippen molar-refractivity contribution in [3.8, 4) is 0 Å². The molecule has 3 aromatic rings. The van der Waals surface area contributed by atoms with Crippen molar-refractivity contribution >= 4 is 35.1 Å². The van der Waals surface area contributed by atoms with Crippen LogP contribution in [0, 0.1) is 6.92 Å². The number of aromatic nitrogens is 3. The zero-order valence-corrected chi connectivity index (χ0v) is 17.8. The second-order valence-corrected chi connectivity index (χ2v) is 7.84. The minimum Gasteiger partial charge on any atom is -0.444 e. The first-order chi connectivity index (χ1) is 14.2. The Labute approximate surface area is 176 Å². The van der Waals surface area contributed by atoms with Gasteiger partial charge in [0.1, 0.15) is 11.9 Å². The molecular weight excluding hydrogens is 380 g/mol. The van der Waals surface area contributed by atoms with Gasteiger partial charge in [-0.3, -0.25) is 5.32 Å². The van der Waals surface area contributed by atoms with Crippen LogP contribution in [-0.4, -0.2) is 33.7 Å². The van der Waals surface area contributed by atoms with E-state index in [2.05, 4.69) is 31.7 Å². The highest BCUT2D eigenvalue weighted by Gasteiger charge is 2.16. The summed E-state index contributed by atoms with van der Waals surface area (Å²) in [6.45, 7) is 7.50. The van der Waals surface area contributed by atoms with Crippen molar-refractivity contribution in [1.29, 1.82) is 0 Å². The molecular formula is C22H26N6O2. The summed E-state index contributed by atoms with van der Waals surface area (Å²) in [4.78, 5) is 26.7. The van der Waals surface area contributed by atoms with Gasteiger partial charge in [-0.15, -0.1) is 0 Å². The normalized spacial score (nSPS) is 11.0. The van der Waals surface area contributed by atoms with Crippen LogP contribution in [0.5, 0.6) is 0 Å². The minimum absolute atomic E-state index is 0.423. The third-order valence-electron chi connectivity index (χ3n) is 4.03. The molecule has 1 heterocycles. The van der Waals surface area contributed by atoms with Gasteiger partial charge in [0.15, 0.2) is 0 Å². The van der Waals surface area contributed by atoms with Crippen molar-refractivity contribution < 1.29 is 9.53 Å². The van der Waals surface area contributed by atoms with Crippen molar-refractivity contribution in [3.63, 3.8) is 0 Å². The predicted octanol–water partition coefficient (Wildman–Crippen LogP) is 5.04. The maximum Gasteiger partial charge on any atom is 0.412 e. The summed E-state index contributed by atoms with van der Waals surface area (Å²) in [7, 11) is 1.91. The van der Waals surface area contributed by atoms with E-state index in [1.807, 2.05) is 70.0 Å². The average Bonchev–Trinajstić information content (AvgIpc) is 2.68. The molecule has 0 bridgehead atoms. The molecule has 0 saturated carbocycles. The van der Waals surface area contributed by atoms with Crippen molar-refractivity contribution in [2.24, 2.45) is 0 Å². The van der Waals surface area contributed by atoms with Gasteiger partial charge in [-0.05, 0) is 69.7 Å². The quantitative estimate of drug-likeness (QED) is 0.613. The Morgan fingerprint density at radius 3 is 2.40 bits per heavy atom. The maximum absolute atomic E-state index is 11.9. The average molecular weight is 406 g/mol. The number of benzene rings is 2. The number of carbonyl (C=O) groups is 1. The molecule has 1 aromatic heterocycles. The monoisotopic (exact) mass is 406 g/mol. The number of amides is 1. The van der Waals surface area contributed by atoms with Crippen LogP contribution in [0.2, 0.25) is 0 Å². The minimum atomic E-state index is -0.548. The Kier molecular flexibility index (Phi) is 6.15. The summed E-state index contributed by atoms with van der Waals surface area (Å²) < 4.78 is 5.25. The van der Waals surface area contributed by atoms with E-state index >= 15 is 0 Å². The highest BCUT2D eigenvalue weighted by Crippen LogP contribution is 2.22. The van der Waals surface area contributed by atoms with E-state index in [1.165, 1.54) is 6.33 Å². The molecule has 0 fully saturated rings. The molecule has 30 heavy (non-hydrogen) atoms. The first-order valence-corrected chi connectivity index (χ1v) is 9.56. The van der Waals surface area contributed by atoms with E-state index in [0.717, 1.165) is 16.9 Å². The molecule has 8 nitrogen and oxygen atoms in total. The molecule has 0 saturated heterocycles. The number of anilines is 5. The third-order valence-corrected chi connectivity index (χ3v) is 4.03. The highest BCUT2D eigenvalue weighted by atomic mass is 16.6. The third kappa shape index (κ3) is 5.91.